The topological polar surface area (TPSA) is 204 Å². The highest BCUT2D eigenvalue weighted by atomic mass is 35.5. The van der Waals surface area contributed by atoms with Crippen molar-refractivity contribution in [2.24, 2.45) is 0 Å². The number of rotatable bonds is 18. The van der Waals surface area contributed by atoms with Crippen LogP contribution in [-0.4, -0.2) is 69.0 Å². The summed E-state index contributed by atoms with van der Waals surface area (Å²) in [6.45, 7) is 0. The number of hydrogen-bond acceptors (Lipinski definition) is 8. The molecule has 69 heavy (non-hydrogen) atoms. The van der Waals surface area contributed by atoms with E-state index in [0.717, 1.165) is 38.7 Å². The summed E-state index contributed by atoms with van der Waals surface area (Å²) in [6.07, 6.45) is 1.98. The molecule has 0 aliphatic rings. The van der Waals surface area contributed by atoms with Gasteiger partial charge in [0.2, 0.25) is 0 Å². The largest absolute Gasteiger partial charge is 0.508 e. The minimum Gasteiger partial charge on any atom is -0.508 e. The molecule has 0 saturated carbocycles. The number of carboxylic acids is 1. The SMILES string of the molecule is O=C(N[C@@H](Cc1ccc(O)cc1)C(=O)O)c1cccc(CCl)c1.O=C(N[C@@H](Cc1ccccc1)C(=O)OC(=O)[C@H](Cc1c[nH]c2ccccc12)NC(=O)c1cccc(CCl)c1)c1cccc(CCl)c1. The zero-order chi connectivity index (χ0) is 49.3. The Labute approximate surface area is 412 Å². The Morgan fingerprint density at radius 2 is 0.913 bits per heavy atom. The number of benzene rings is 6. The summed E-state index contributed by atoms with van der Waals surface area (Å²) >= 11 is 17.6. The van der Waals surface area contributed by atoms with Gasteiger partial charge in [0, 0.05) is 70.7 Å². The van der Waals surface area contributed by atoms with E-state index in [-0.39, 0.29) is 42.7 Å². The van der Waals surface area contributed by atoms with Crippen molar-refractivity contribution >= 4 is 81.3 Å². The average molecular weight is 990 g/mol. The summed E-state index contributed by atoms with van der Waals surface area (Å²) < 4.78 is 5.41. The molecule has 0 aliphatic carbocycles. The number of amides is 3. The molecule has 7 rings (SSSR count). The van der Waals surface area contributed by atoms with Gasteiger partial charge >= 0.3 is 17.9 Å². The van der Waals surface area contributed by atoms with Crippen molar-refractivity contribution in [1.82, 2.24) is 20.9 Å². The maximum Gasteiger partial charge on any atom is 0.336 e. The quantitative estimate of drug-likeness (QED) is 0.0276. The molecule has 16 heteroatoms. The molecular formula is C53H47Cl3N4O9. The first-order chi connectivity index (χ1) is 33.3. The van der Waals surface area contributed by atoms with Gasteiger partial charge in [-0.1, -0.05) is 97.1 Å². The Bertz CT molecular complexity index is 2910. The second-order valence-corrected chi connectivity index (χ2v) is 16.6. The molecule has 354 valence electrons. The molecule has 6 N–H and O–H groups in total. The number of H-pyrrole nitrogens is 1. The summed E-state index contributed by atoms with van der Waals surface area (Å²) in [5, 5.41) is 27.4. The number of nitrogens with one attached hydrogen (secondary N) is 4. The van der Waals surface area contributed by atoms with Crippen molar-refractivity contribution in [2.75, 3.05) is 0 Å². The third kappa shape index (κ3) is 14.8. The highest BCUT2D eigenvalue weighted by Gasteiger charge is 2.31. The number of para-hydroxylation sites is 1. The van der Waals surface area contributed by atoms with Gasteiger partial charge in [-0.2, -0.15) is 0 Å². The smallest absolute Gasteiger partial charge is 0.336 e. The van der Waals surface area contributed by atoms with E-state index in [1.54, 1.807) is 115 Å². The Kier molecular flexibility index (Phi) is 18.5. The van der Waals surface area contributed by atoms with E-state index < -0.39 is 53.8 Å². The third-order valence-electron chi connectivity index (χ3n) is 10.8. The van der Waals surface area contributed by atoms with Crippen molar-refractivity contribution < 1.29 is 43.7 Å². The van der Waals surface area contributed by atoms with Crippen molar-refractivity contribution in [3.63, 3.8) is 0 Å². The molecule has 13 nitrogen and oxygen atoms in total. The number of ether oxygens (including phenoxy) is 1. The maximum atomic E-state index is 13.7. The number of carbonyl (C=O) groups excluding carboxylic acids is 5. The van der Waals surface area contributed by atoms with Gasteiger partial charge in [-0.05, 0) is 88.0 Å². The lowest BCUT2D eigenvalue weighted by atomic mass is 10.0. The molecule has 0 spiro atoms. The highest BCUT2D eigenvalue weighted by Crippen LogP contribution is 2.21. The Morgan fingerprint density at radius 3 is 1.41 bits per heavy atom. The van der Waals surface area contributed by atoms with Gasteiger partial charge in [0.25, 0.3) is 17.7 Å². The molecule has 6 aromatic carbocycles. The number of hydrogen-bond donors (Lipinski definition) is 6. The van der Waals surface area contributed by atoms with Gasteiger partial charge in [-0.15, -0.1) is 34.8 Å². The van der Waals surface area contributed by atoms with Crippen LogP contribution in [0, 0.1) is 0 Å². The maximum absolute atomic E-state index is 13.7. The second kappa shape index (κ2) is 25.1. The minimum absolute atomic E-state index is 0.0397. The molecule has 0 fully saturated rings. The van der Waals surface area contributed by atoms with Gasteiger partial charge in [0.1, 0.15) is 23.9 Å². The fourth-order valence-corrected chi connectivity index (χ4v) is 7.68. The summed E-state index contributed by atoms with van der Waals surface area (Å²) in [6, 6.07) is 39.4. The van der Waals surface area contributed by atoms with Crippen molar-refractivity contribution in [3.05, 3.63) is 208 Å². The molecule has 1 aromatic heterocycles. The van der Waals surface area contributed by atoms with Crippen LogP contribution in [0.5, 0.6) is 5.75 Å². The first-order valence-electron chi connectivity index (χ1n) is 21.6. The summed E-state index contributed by atoms with van der Waals surface area (Å²) in [7, 11) is 0. The van der Waals surface area contributed by atoms with Gasteiger partial charge in [0.15, 0.2) is 0 Å². The number of phenolic OH excluding ortho intramolecular Hbond substituents is 1. The first kappa shape index (κ1) is 51.0. The normalized spacial score (nSPS) is 12.0. The van der Waals surface area contributed by atoms with Gasteiger partial charge in [-0.3, -0.25) is 14.4 Å². The number of aromatic amines is 1. The Morgan fingerprint density at radius 1 is 0.493 bits per heavy atom. The average Bonchev–Trinajstić information content (AvgIpc) is 3.79. The van der Waals surface area contributed by atoms with E-state index in [1.165, 1.54) is 12.1 Å². The van der Waals surface area contributed by atoms with Crippen LogP contribution in [0.25, 0.3) is 10.9 Å². The van der Waals surface area contributed by atoms with Crippen LogP contribution in [0.3, 0.4) is 0 Å². The Balaban J connectivity index is 0.000000285. The van der Waals surface area contributed by atoms with Gasteiger partial charge < -0.3 is 35.9 Å². The molecule has 3 atom stereocenters. The monoisotopic (exact) mass is 988 g/mol. The number of aromatic nitrogens is 1. The molecule has 1 heterocycles. The number of aromatic hydroxyl groups is 1. The minimum atomic E-state index is -1.23. The van der Waals surface area contributed by atoms with Gasteiger partial charge in [-0.25, -0.2) is 14.4 Å². The Hall–Kier alpha value is -7.45. The number of esters is 2. The molecule has 0 saturated heterocycles. The lowest BCUT2D eigenvalue weighted by Crippen LogP contribution is -2.48. The number of carboxylic acid groups (broad SMARTS) is 1. The summed E-state index contributed by atoms with van der Waals surface area (Å²) in [5.41, 5.74) is 6.26. The van der Waals surface area contributed by atoms with E-state index in [9.17, 15) is 39.0 Å². The van der Waals surface area contributed by atoms with Crippen molar-refractivity contribution in [2.45, 2.75) is 55.0 Å². The molecule has 7 aromatic rings. The van der Waals surface area contributed by atoms with E-state index >= 15 is 0 Å². The second-order valence-electron chi connectivity index (χ2n) is 15.8. The van der Waals surface area contributed by atoms with E-state index in [1.807, 2.05) is 30.3 Å². The van der Waals surface area contributed by atoms with E-state index in [2.05, 4.69) is 20.9 Å². The molecule has 3 amide bonds. The predicted octanol–water partition coefficient (Wildman–Crippen LogP) is 8.65. The number of carbonyl (C=O) groups is 6. The lowest BCUT2D eigenvalue weighted by molar-refractivity contribution is -0.162. The zero-order valence-corrected chi connectivity index (χ0v) is 39.1. The zero-order valence-electron chi connectivity index (χ0n) is 36.9. The number of aliphatic carboxylic acids is 1. The lowest BCUT2D eigenvalue weighted by Gasteiger charge is -2.21. The number of fused-ring (bicyclic) bond motifs is 1. The van der Waals surface area contributed by atoms with Crippen LogP contribution in [0.15, 0.2) is 158 Å². The van der Waals surface area contributed by atoms with Crippen LogP contribution in [-0.2, 0) is 56.0 Å². The molecule has 0 radical (unpaired) electrons. The van der Waals surface area contributed by atoms with Crippen LogP contribution in [0.1, 0.15) is 64.5 Å². The van der Waals surface area contributed by atoms with Crippen molar-refractivity contribution in [1.29, 1.82) is 0 Å². The fourth-order valence-electron chi connectivity index (χ4n) is 7.18. The summed E-state index contributed by atoms with van der Waals surface area (Å²) in [5.74, 6) is -3.78. The first-order valence-corrected chi connectivity index (χ1v) is 23.2. The standard InChI is InChI=1S/C36H31Cl2N3O5.C17H16ClNO4/c37-20-24-10-6-12-26(16-24)33(42)40-31(18-23-8-2-1-3-9-23)35(44)46-36(45)32(19-28-22-39-30-15-5-4-14-29(28)30)41-34(43)27-13-7-11-25(17-27)21-38;18-10-12-2-1-3-13(8-12)16(21)19-15(17(22)23)9-11-4-6-14(20)7-5-11/h1-17,22,31-32,39H,18-21H2,(H,40,42)(H,41,43);1-8,15,20H,9-10H2,(H,19,21)(H,22,23)/t31-,32-;15-/m00/s1. The molecule has 0 aliphatic heterocycles. The van der Waals surface area contributed by atoms with Crippen molar-refractivity contribution in [3.8, 4) is 5.75 Å². The molecule has 0 unspecified atom stereocenters. The van der Waals surface area contributed by atoms with Crippen LogP contribution in [0.2, 0.25) is 0 Å². The van der Waals surface area contributed by atoms with Gasteiger partial charge in [0.05, 0.1) is 0 Å². The number of halogens is 3. The highest BCUT2D eigenvalue weighted by molar-refractivity contribution is 6.17. The van der Waals surface area contributed by atoms with E-state index in [4.69, 9.17) is 39.5 Å². The summed E-state index contributed by atoms with van der Waals surface area (Å²) in [4.78, 5) is 80.6. The van der Waals surface area contributed by atoms with Crippen LogP contribution >= 0.6 is 34.8 Å². The third-order valence-corrected chi connectivity index (χ3v) is 11.7. The predicted molar refractivity (Wildman–Crippen MR) is 264 cm³/mol. The van der Waals surface area contributed by atoms with Crippen LogP contribution < -0.4 is 16.0 Å². The molecular weight excluding hydrogens is 943 g/mol. The van der Waals surface area contributed by atoms with Crippen LogP contribution in [0.4, 0.5) is 0 Å². The fraction of sp³-hybridized carbons (Fsp3) is 0.170. The van der Waals surface area contributed by atoms with E-state index in [0.29, 0.717) is 22.3 Å². The molecule has 0 bridgehead atoms. The number of alkyl halides is 3. The number of phenols is 1.